The standard InChI is InChI=1S/C11H15NO2/c1-2-3-6-12-9-4-5-10-11(7-9)14-8-13-10/h4-5,7,12H,2-3,6,8H2,1H3. The van der Waals surface area contributed by atoms with Crippen molar-refractivity contribution >= 4 is 5.69 Å². The quantitative estimate of drug-likeness (QED) is 0.745. The molecule has 0 aliphatic carbocycles. The summed E-state index contributed by atoms with van der Waals surface area (Å²) in [5.41, 5.74) is 1.10. The minimum Gasteiger partial charge on any atom is -0.454 e. The van der Waals surface area contributed by atoms with E-state index in [4.69, 9.17) is 9.47 Å². The average Bonchev–Trinajstić information content (AvgIpc) is 2.65. The largest absolute Gasteiger partial charge is 0.454 e. The summed E-state index contributed by atoms with van der Waals surface area (Å²) in [4.78, 5) is 0. The molecule has 0 saturated carbocycles. The van der Waals surface area contributed by atoms with Crippen molar-refractivity contribution in [1.82, 2.24) is 0 Å². The lowest BCUT2D eigenvalue weighted by Gasteiger charge is -2.05. The van der Waals surface area contributed by atoms with E-state index in [0.717, 1.165) is 23.7 Å². The van der Waals surface area contributed by atoms with Crippen molar-refractivity contribution in [2.24, 2.45) is 0 Å². The summed E-state index contributed by atoms with van der Waals surface area (Å²) in [7, 11) is 0. The van der Waals surface area contributed by atoms with Crippen molar-refractivity contribution in [3.8, 4) is 11.5 Å². The van der Waals surface area contributed by atoms with E-state index in [-0.39, 0.29) is 0 Å². The van der Waals surface area contributed by atoms with Crippen LogP contribution in [-0.4, -0.2) is 13.3 Å². The Morgan fingerprint density at radius 1 is 1.29 bits per heavy atom. The molecule has 1 aromatic carbocycles. The zero-order valence-corrected chi connectivity index (χ0v) is 8.38. The van der Waals surface area contributed by atoms with Crippen LogP contribution in [0.15, 0.2) is 18.2 Å². The molecular formula is C11H15NO2. The van der Waals surface area contributed by atoms with Crippen LogP contribution in [0.4, 0.5) is 5.69 Å². The Hall–Kier alpha value is -1.38. The summed E-state index contributed by atoms with van der Waals surface area (Å²) < 4.78 is 10.5. The molecule has 1 N–H and O–H groups in total. The summed E-state index contributed by atoms with van der Waals surface area (Å²) >= 11 is 0. The van der Waals surface area contributed by atoms with E-state index in [2.05, 4.69) is 12.2 Å². The Morgan fingerprint density at radius 2 is 2.14 bits per heavy atom. The zero-order chi connectivity index (χ0) is 9.80. The van der Waals surface area contributed by atoms with Gasteiger partial charge in [0.2, 0.25) is 6.79 Å². The van der Waals surface area contributed by atoms with Crippen molar-refractivity contribution in [1.29, 1.82) is 0 Å². The summed E-state index contributed by atoms with van der Waals surface area (Å²) in [6.07, 6.45) is 2.39. The molecule has 0 unspecified atom stereocenters. The highest BCUT2D eigenvalue weighted by Crippen LogP contribution is 2.34. The van der Waals surface area contributed by atoms with Crippen LogP contribution < -0.4 is 14.8 Å². The molecule has 0 spiro atoms. The molecule has 0 radical (unpaired) electrons. The maximum atomic E-state index is 5.28. The molecule has 0 saturated heterocycles. The fourth-order valence-corrected chi connectivity index (χ4v) is 1.42. The number of hydrogen-bond acceptors (Lipinski definition) is 3. The second-order valence-electron chi connectivity index (χ2n) is 3.35. The lowest BCUT2D eigenvalue weighted by atomic mass is 10.2. The molecular weight excluding hydrogens is 178 g/mol. The number of anilines is 1. The minimum absolute atomic E-state index is 0.341. The maximum Gasteiger partial charge on any atom is 0.231 e. The Bertz CT molecular complexity index is 312. The summed E-state index contributed by atoms with van der Waals surface area (Å²) in [6.45, 7) is 3.53. The van der Waals surface area contributed by atoms with Gasteiger partial charge in [-0.15, -0.1) is 0 Å². The van der Waals surface area contributed by atoms with Gasteiger partial charge in [-0.1, -0.05) is 13.3 Å². The van der Waals surface area contributed by atoms with E-state index in [9.17, 15) is 0 Å². The summed E-state index contributed by atoms with van der Waals surface area (Å²) in [5.74, 6) is 1.68. The predicted octanol–water partition coefficient (Wildman–Crippen LogP) is 2.63. The van der Waals surface area contributed by atoms with Gasteiger partial charge >= 0.3 is 0 Å². The highest BCUT2D eigenvalue weighted by Gasteiger charge is 2.12. The second kappa shape index (κ2) is 4.22. The number of rotatable bonds is 4. The van der Waals surface area contributed by atoms with Crippen LogP contribution in [0.1, 0.15) is 19.8 Å². The Kier molecular flexibility index (Phi) is 2.77. The van der Waals surface area contributed by atoms with Crippen molar-refractivity contribution in [3.63, 3.8) is 0 Å². The number of hydrogen-bond donors (Lipinski definition) is 1. The molecule has 0 bridgehead atoms. The third-order valence-electron chi connectivity index (χ3n) is 2.23. The second-order valence-corrected chi connectivity index (χ2v) is 3.35. The van der Waals surface area contributed by atoms with Crippen LogP contribution in [0.5, 0.6) is 11.5 Å². The van der Waals surface area contributed by atoms with Crippen molar-refractivity contribution in [3.05, 3.63) is 18.2 Å². The Labute approximate surface area is 84.0 Å². The molecule has 14 heavy (non-hydrogen) atoms. The first-order valence-corrected chi connectivity index (χ1v) is 5.03. The van der Waals surface area contributed by atoms with Gasteiger partial charge in [0.1, 0.15) is 0 Å². The van der Waals surface area contributed by atoms with Gasteiger partial charge < -0.3 is 14.8 Å². The third kappa shape index (κ3) is 1.92. The topological polar surface area (TPSA) is 30.5 Å². The van der Waals surface area contributed by atoms with Crippen LogP contribution in [0.2, 0.25) is 0 Å². The van der Waals surface area contributed by atoms with E-state index in [0.29, 0.717) is 6.79 Å². The van der Waals surface area contributed by atoms with Crippen LogP contribution in [0, 0.1) is 0 Å². The van der Waals surface area contributed by atoms with Gasteiger partial charge in [0, 0.05) is 18.3 Å². The van der Waals surface area contributed by atoms with Gasteiger partial charge in [0.25, 0.3) is 0 Å². The van der Waals surface area contributed by atoms with Crippen LogP contribution in [0.25, 0.3) is 0 Å². The molecule has 2 rings (SSSR count). The van der Waals surface area contributed by atoms with E-state index in [1.165, 1.54) is 12.8 Å². The fraction of sp³-hybridized carbons (Fsp3) is 0.455. The fourth-order valence-electron chi connectivity index (χ4n) is 1.42. The zero-order valence-electron chi connectivity index (χ0n) is 8.38. The number of fused-ring (bicyclic) bond motifs is 1. The lowest BCUT2D eigenvalue weighted by molar-refractivity contribution is 0.174. The molecule has 1 aliphatic rings. The number of nitrogens with one attached hydrogen (secondary N) is 1. The smallest absolute Gasteiger partial charge is 0.231 e. The third-order valence-corrected chi connectivity index (χ3v) is 2.23. The molecule has 1 heterocycles. The predicted molar refractivity (Wildman–Crippen MR) is 56.0 cm³/mol. The number of unbranched alkanes of at least 4 members (excludes halogenated alkanes) is 1. The van der Waals surface area contributed by atoms with E-state index < -0.39 is 0 Å². The SMILES string of the molecule is CCCCNc1ccc2c(c1)OCO2. The number of benzene rings is 1. The van der Waals surface area contributed by atoms with Gasteiger partial charge in [-0.05, 0) is 18.6 Å². The summed E-state index contributed by atoms with van der Waals surface area (Å²) in [5, 5.41) is 3.34. The highest BCUT2D eigenvalue weighted by atomic mass is 16.7. The first-order chi connectivity index (χ1) is 6.90. The van der Waals surface area contributed by atoms with Crippen molar-refractivity contribution in [2.45, 2.75) is 19.8 Å². The molecule has 0 fully saturated rings. The molecule has 0 amide bonds. The van der Waals surface area contributed by atoms with Gasteiger partial charge in [0.05, 0.1) is 0 Å². The molecule has 0 atom stereocenters. The minimum atomic E-state index is 0.341. The summed E-state index contributed by atoms with van der Waals surface area (Å²) in [6, 6.07) is 5.94. The van der Waals surface area contributed by atoms with Crippen molar-refractivity contribution in [2.75, 3.05) is 18.7 Å². The van der Waals surface area contributed by atoms with Crippen LogP contribution >= 0.6 is 0 Å². The average molecular weight is 193 g/mol. The molecule has 1 aromatic rings. The maximum absolute atomic E-state index is 5.28. The van der Waals surface area contributed by atoms with Gasteiger partial charge in [0.15, 0.2) is 11.5 Å². The first kappa shape index (κ1) is 9.19. The molecule has 3 heteroatoms. The van der Waals surface area contributed by atoms with Gasteiger partial charge in [-0.3, -0.25) is 0 Å². The Morgan fingerprint density at radius 3 is 3.00 bits per heavy atom. The first-order valence-electron chi connectivity index (χ1n) is 5.03. The van der Waals surface area contributed by atoms with E-state index in [1.807, 2.05) is 18.2 Å². The Balaban J connectivity index is 1.98. The number of ether oxygens (including phenoxy) is 2. The molecule has 0 aromatic heterocycles. The molecule has 76 valence electrons. The molecule has 1 aliphatic heterocycles. The van der Waals surface area contributed by atoms with E-state index in [1.54, 1.807) is 0 Å². The normalized spacial score (nSPS) is 12.9. The molecule has 3 nitrogen and oxygen atoms in total. The van der Waals surface area contributed by atoms with E-state index >= 15 is 0 Å². The van der Waals surface area contributed by atoms with Crippen LogP contribution in [0.3, 0.4) is 0 Å². The monoisotopic (exact) mass is 193 g/mol. The van der Waals surface area contributed by atoms with Crippen molar-refractivity contribution < 1.29 is 9.47 Å². The van der Waals surface area contributed by atoms with Gasteiger partial charge in [-0.25, -0.2) is 0 Å². The van der Waals surface area contributed by atoms with Crippen LogP contribution in [-0.2, 0) is 0 Å². The lowest BCUT2D eigenvalue weighted by Crippen LogP contribution is -2.00. The highest BCUT2D eigenvalue weighted by molar-refractivity contribution is 5.55. The van der Waals surface area contributed by atoms with Gasteiger partial charge in [-0.2, -0.15) is 0 Å².